The molecule has 1 unspecified atom stereocenters. The minimum absolute atomic E-state index is 0.0550. The van der Waals surface area contributed by atoms with E-state index < -0.39 is 46.2 Å². The number of rotatable bonds is 4. The average Bonchev–Trinajstić information content (AvgIpc) is 2.68. The summed E-state index contributed by atoms with van der Waals surface area (Å²) in [6, 6.07) is 4.44. The van der Waals surface area contributed by atoms with Gasteiger partial charge in [0, 0.05) is 12.4 Å². The molecule has 1 saturated carbocycles. The fourth-order valence-corrected chi connectivity index (χ4v) is 3.73. The lowest BCUT2D eigenvalue weighted by atomic mass is 9.77. The smallest absolute Gasteiger partial charge is 0.387 e. The number of amides is 1. The lowest BCUT2D eigenvalue weighted by molar-refractivity contribution is -0.137. The van der Waals surface area contributed by atoms with Gasteiger partial charge in [0.15, 0.2) is 0 Å². The van der Waals surface area contributed by atoms with Gasteiger partial charge in [0.25, 0.3) is 5.91 Å². The number of alkyl halides is 4. The predicted octanol–water partition coefficient (Wildman–Crippen LogP) is 4.26. The van der Waals surface area contributed by atoms with Crippen molar-refractivity contribution in [2.24, 2.45) is 0 Å². The van der Waals surface area contributed by atoms with Crippen LogP contribution in [0.2, 0.25) is 5.02 Å². The van der Waals surface area contributed by atoms with Crippen LogP contribution in [0.25, 0.3) is 0 Å². The molecule has 2 heterocycles. The van der Waals surface area contributed by atoms with Crippen molar-refractivity contribution >= 4 is 17.5 Å². The zero-order valence-corrected chi connectivity index (χ0v) is 15.8. The van der Waals surface area contributed by atoms with Crippen LogP contribution >= 0.6 is 11.6 Å². The number of hydrogen-bond acceptors (Lipinski definition) is 4. The molecule has 0 radical (unpaired) electrons. The number of nitrogens with zero attached hydrogens (tertiary/aromatic N) is 2. The summed E-state index contributed by atoms with van der Waals surface area (Å²) in [4.78, 5) is 20.6. The van der Waals surface area contributed by atoms with Crippen molar-refractivity contribution in [1.29, 1.82) is 0 Å². The molecular weight excluding hydrogens is 414 g/mol. The SMILES string of the molecule is O=C(NC(c1ccccn1)[C@]1(O)CC[C@H](F)CC1)c1nccc(C(F)(F)F)c1Cl. The molecule has 1 aliphatic rings. The maximum Gasteiger partial charge on any atom is 0.417 e. The molecule has 156 valence electrons. The van der Waals surface area contributed by atoms with E-state index >= 15 is 0 Å². The van der Waals surface area contributed by atoms with E-state index in [1.807, 2.05) is 0 Å². The Balaban J connectivity index is 1.94. The minimum Gasteiger partial charge on any atom is -0.387 e. The van der Waals surface area contributed by atoms with Crippen LogP contribution in [-0.4, -0.2) is 32.8 Å². The van der Waals surface area contributed by atoms with Crippen molar-refractivity contribution in [3.63, 3.8) is 0 Å². The van der Waals surface area contributed by atoms with Gasteiger partial charge < -0.3 is 10.4 Å². The molecule has 1 amide bonds. The third-order valence-corrected chi connectivity index (χ3v) is 5.37. The van der Waals surface area contributed by atoms with E-state index in [0.29, 0.717) is 11.8 Å². The first-order valence-electron chi connectivity index (χ1n) is 8.92. The molecule has 0 aliphatic heterocycles. The number of carbonyl (C=O) groups excluding carboxylic acids is 1. The van der Waals surface area contributed by atoms with E-state index in [1.165, 1.54) is 6.20 Å². The maximum absolute atomic E-state index is 13.6. The molecule has 0 bridgehead atoms. The zero-order valence-electron chi connectivity index (χ0n) is 15.1. The van der Waals surface area contributed by atoms with Gasteiger partial charge in [0.2, 0.25) is 0 Å². The molecule has 5 nitrogen and oxygen atoms in total. The van der Waals surface area contributed by atoms with Gasteiger partial charge in [-0.2, -0.15) is 13.2 Å². The molecule has 29 heavy (non-hydrogen) atoms. The quantitative estimate of drug-likeness (QED) is 0.709. The van der Waals surface area contributed by atoms with Gasteiger partial charge in [-0.15, -0.1) is 0 Å². The van der Waals surface area contributed by atoms with Crippen LogP contribution in [0.3, 0.4) is 0 Å². The molecule has 1 atom stereocenters. The van der Waals surface area contributed by atoms with Gasteiger partial charge in [-0.25, -0.2) is 9.37 Å². The van der Waals surface area contributed by atoms with Crippen molar-refractivity contribution < 1.29 is 27.5 Å². The lowest BCUT2D eigenvalue weighted by Gasteiger charge is -2.40. The second-order valence-corrected chi connectivity index (χ2v) is 7.34. The monoisotopic (exact) mass is 431 g/mol. The third kappa shape index (κ3) is 4.67. The summed E-state index contributed by atoms with van der Waals surface area (Å²) in [5.74, 6) is -0.993. The van der Waals surface area contributed by atoms with Crippen LogP contribution in [0.1, 0.15) is 53.5 Å². The second-order valence-electron chi connectivity index (χ2n) is 6.96. The Morgan fingerprint density at radius 1 is 1.21 bits per heavy atom. The Morgan fingerprint density at radius 2 is 1.90 bits per heavy atom. The molecule has 2 aromatic rings. The van der Waals surface area contributed by atoms with Crippen molar-refractivity contribution in [3.8, 4) is 0 Å². The Hall–Kier alpha value is -2.26. The van der Waals surface area contributed by atoms with Gasteiger partial charge in [-0.1, -0.05) is 17.7 Å². The van der Waals surface area contributed by atoms with Crippen LogP contribution in [0.4, 0.5) is 17.6 Å². The molecule has 1 fully saturated rings. The molecule has 2 N–H and O–H groups in total. The highest BCUT2D eigenvalue weighted by Crippen LogP contribution is 2.40. The van der Waals surface area contributed by atoms with Gasteiger partial charge in [0.05, 0.1) is 21.9 Å². The van der Waals surface area contributed by atoms with E-state index in [4.69, 9.17) is 11.6 Å². The maximum atomic E-state index is 13.6. The van der Waals surface area contributed by atoms with Crippen LogP contribution < -0.4 is 5.32 Å². The summed E-state index contributed by atoms with van der Waals surface area (Å²) in [6.07, 6.45) is -3.23. The Morgan fingerprint density at radius 3 is 2.48 bits per heavy atom. The molecule has 0 saturated heterocycles. The van der Waals surface area contributed by atoms with Crippen molar-refractivity contribution in [2.45, 2.75) is 49.7 Å². The number of aliphatic hydroxyl groups is 1. The normalized spacial score (nSPS) is 23.4. The highest BCUT2D eigenvalue weighted by atomic mass is 35.5. The van der Waals surface area contributed by atoms with Gasteiger partial charge in [-0.3, -0.25) is 9.78 Å². The Kier molecular flexibility index (Phi) is 6.09. The number of aromatic nitrogens is 2. The molecule has 10 heteroatoms. The molecular formula is C19H18ClF4N3O2. The van der Waals surface area contributed by atoms with Crippen LogP contribution in [-0.2, 0) is 6.18 Å². The fraction of sp³-hybridized carbons (Fsp3) is 0.421. The number of hydrogen-bond donors (Lipinski definition) is 2. The molecule has 3 rings (SSSR count). The van der Waals surface area contributed by atoms with E-state index in [0.717, 1.165) is 6.20 Å². The van der Waals surface area contributed by atoms with E-state index in [2.05, 4.69) is 15.3 Å². The Labute approximate surface area is 169 Å². The second kappa shape index (κ2) is 8.23. The average molecular weight is 432 g/mol. The number of pyridine rings is 2. The van der Waals surface area contributed by atoms with Crippen LogP contribution in [0.15, 0.2) is 36.7 Å². The standard InChI is InChI=1S/C19H18ClF4N3O2/c20-14-12(19(22,23)24)6-10-26-15(14)17(28)27-16(13-3-1-2-9-25-13)18(29)7-4-11(21)5-8-18/h1-3,6,9-11,16,29H,4-5,7-8H2,(H,27,28)/t11-,16?,18-. The van der Waals surface area contributed by atoms with Gasteiger partial charge in [-0.05, 0) is 43.9 Å². The highest BCUT2D eigenvalue weighted by molar-refractivity contribution is 6.34. The van der Waals surface area contributed by atoms with Crippen molar-refractivity contribution in [3.05, 3.63) is 58.6 Å². The summed E-state index contributed by atoms with van der Waals surface area (Å²) < 4.78 is 52.8. The van der Waals surface area contributed by atoms with Crippen LogP contribution in [0.5, 0.6) is 0 Å². The minimum atomic E-state index is -4.76. The first-order chi connectivity index (χ1) is 13.6. The van der Waals surface area contributed by atoms with Crippen molar-refractivity contribution in [2.75, 3.05) is 0 Å². The van der Waals surface area contributed by atoms with E-state index in [9.17, 15) is 27.5 Å². The summed E-state index contributed by atoms with van der Waals surface area (Å²) in [6.45, 7) is 0. The summed E-state index contributed by atoms with van der Waals surface area (Å²) in [5, 5.41) is 12.8. The molecule has 0 aromatic carbocycles. The zero-order chi connectivity index (χ0) is 21.2. The highest BCUT2D eigenvalue weighted by Gasteiger charge is 2.43. The van der Waals surface area contributed by atoms with Crippen LogP contribution in [0, 0.1) is 0 Å². The largest absolute Gasteiger partial charge is 0.417 e. The summed E-state index contributed by atoms with van der Waals surface area (Å²) in [5.41, 5.74) is -3.03. The topological polar surface area (TPSA) is 75.1 Å². The number of nitrogens with one attached hydrogen (secondary N) is 1. The van der Waals surface area contributed by atoms with Crippen molar-refractivity contribution in [1.82, 2.24) is 15.3 Å². The molecule has 0 spiro atoms. The fourth-order valence-electron chi connectivity index (χ4n) is 3.42. The Bertz CT molecular complexity index is 872. The van der Waals surface area contributed by atoms with Gasteiger partial charge >= 0.3 is 6.18 Å². The third-order valence-electron chi connectivity index (χ3n) is 4.99. The summed E-state index contributed by atoms with van der Waals surface area (Å²) in [7, 11) is 0. The first-order valence-corrected chi connectivity index (χ1v) is 9.29. The number of halogens is 5. The summed E-state index contributed by atoms with van der Waals surface area (Å²) >= 11 is 5.79. The van der Waals surface area contributed by atoms with E-state index in [-0.39, 0.29) is 25.7 Å². The molecule has 1 aliphatic carbocycles. The lowest BCUT2D eigenvalue weighted by Crippen LogP contribution is -2.49. The van der Waals surface area contributed by atoms with Gasteiger partial charge in [0.1, 0.15) is 17.9 Å². The van der Waals surface area contributed by atoms with E-state index in [1.54, 1.807) is 18.2 Å². The first kappa shape index (κ1) is 21.4. The predicted molar refractivity (Wildman–Crippen MR) is 97.0 cm³/mol. The number of carbonyl (C=O) groups is 1. The molecule has 2 aromatic heterocycles.